The molecular formula is C33H48N2O4S. The molecule has 0 saturated carbocycles. The van der Waals surface area contributed by atoms with Crippen LogP contribution in [0.1, 0.15) is 89.5 Å². The molecule has 3 rings (SSSR count). The minimum absolute atomic E-state index is 0.0831. The summed E-state index contributed by atoms with van der Waals surface area (Å²) in [6.07, 6.45) is 17.8. The normalized spacial score (nSPS) is 12.5. The Labute approximate surface area is 245 Å². The number of methoxy groups -OCH3 is 1. The predicted octanol–water partition coefficient (Wildman–Crippen LogP) is 8.77. The highest BCUT2D eigenvalue weighted by Gasteiger charge is 2.10. The number of nitrogens with zero attached hydrogens (tertiary/aromatic N) is 1. The fourth-order valence-corrected chi connectivity index (χ4v) is 5.44. The number of amides is 1. The minimum Gasteiger partial charge on any atom is -0.493 e. The van der Waals surface area contributed by atoms with Crippen LogP contribution in [0.2, 0.25) is 0 Å². The van der Waals surface area contributed by atoms with Crippen LogP contribution in [-0.4, -0.2) is 37.0 Å². The van der Waals surface area contributed by atoms with Crippen LogP contribution < -0.4 is 19.5 Å². The van der Waals surface area contributed by atoms with Gasteiger partial charge in [0, 0.05) is 24.5 Å². The number of nitrogens with one attached hydrogen (secondary N) is 1. The van der Waals surface area contributed by atoms with Crippen molar-refractivity contribution in [2.24, 2.45) is 0 Å². The smallest absolute Gasteiger partial charge is 0.262 e. The first kappa shape index (κ1) is 31.7. The van der Waals surface area contributed by atoms with Crippen molar-refractivity contribution in [3.63, 3.8) is 0 Å². The zero-order valence-electron chi connectivity index (χ0n) is 24.5. The Morgan fingerprint density at radius 2 is 1.60 bits per heavy atom. The van der Waals surface area contributed by atoms with Crippen LogP contribution >= 0.6 is 11.8 Å². The number of carbonyl (C=O) groups excluding carboxylic acids is 1. The Balaban J connectivity index is 1.32. The third-order valence-electron chi connectivity index (χ3n) is 6.97. The molecule has 2 aromatic rings. The van der Waals surface area contributed by atoms with Crippen molar-refractivity contribution >= 4 is 23.4 Å². The summed E-state index contributed by atoms with van der Waals surface area (Å²) in [4.78, 5) is 14.8. The number of thioether (sulfide) groups is 1. The zero-order valence-corrected chi connectivity index (χ0v) is 25.3. The highest BCUT2D eigenvalue weighted by atomic mass is 32.2. The molecule has 0 aromatic heterocycles. The summed E-state index contributed by atoms with van der Waals surface area (Å²) in [5, 5.41) is 5.03. The first-order valence-corrected chi connectivity index (χ1v) is 16.1. The lowest BCUT2D eigenvalue weighted by Crippen LogP contribution is -2.20. The van der Waals surface area contributed by atoms with Gasteiger partial charge in [0.25, 0.3) is 5.91 Å². The molecule has 1 amide bonds. The van der Waals surface area contributed by atoms with Gasteiger partial charge in [-0.1, -0.05) is 89.7 Å². The van der Waals surface area contributed by atoms with Crippen molar-refractivity contribution in [1.29, 1.82) is 0 Å². The van der Waals surface area contributed by atoms with E-state index in [2.05, 4.69) is 34.8 Å². The molecular weight excluding hydrogens is 520 g/mol. The number of hydrogen-bond donors (Lipinski definition) is 1. The number of unbranched alkanes of at least 4 members (excludes halogenated alkanes) is 11. The van der Waals surface area contributed by atoms with Crippen LogP contribution in [0.3, 0.4) is 0 Å². The molecule has 1 N–H and O–H groups in total. The zero-order chi connectivity index (χ0) is 28.3. The molecule has 40 heavy (non-hydrogen) atoms. The van der Waals surface area contributed by atoms with Gasteiger partial charge in [-0.05, 0) is 41.7 Å². The standard InChI is InChI=1S/C33H48N2O4S/c1-3-4-5-6-7-8-9-10-11-12-13-14-21-38-32-24-30(18-19-31(32)37-2)39-26-33(36)34-29-17-15-16-28(23-29)25-35-20-22-40-27-35/h15-20,22-24H,3-14,21,25-27H2,1-2H3,(H,34,36). The van der Waals surface area contributed by atoms with E-state index in [4.69, 9.17) is 14.2 Å². The highest BCUT2D eigenvalue weighted by Crippen LogP contribution is 2.31. The van der Waals surface area contributed by atoms with E-state index in [9.17, 15) is 4.79 Å². The summed E-state index contributed by atoms with van der Waals surface area (Å²) in [5.74, 6) is 2.64. The van der Waals surface area contributed by atoms with Crippen molar-refractivity contribution in [3.05, 3.63) is 59.6 Å². The minimum atomic E-state index is -0.205. The van der Waals surface area contributed by atoms with Gasteiger partial charge >= 0.3 is 0 Å². The largest absolute Gasteiger partial charge is 0.493 e. The second-order valence-electron chi connectivity index (χ2n) is 10.4. The van der Waals surface area contributed by atoms with Gasteiger partial charge in [-0.25, -0.2) is 0 Å². The molecule has 1 aliphatic heterocycles. The molecule has 1 aliphatic rings. The van der Waals surface area contributed by atoms with E-state index in [1.54, 1.807) is 31.0 Å². The molecule has 0 bridgehead atoms. The Morgan fingerprint density at radius 1 is 0.875 bits per heavy atom. The van der Waals surface area contributed by atoms with Gasteiger partial charge in [-0.2, -0.15) is 0 Å². The molecule has 0 saturated heterocycles. The molecule has 0 unspecified atom stereocenters. The van der Waals surface area contributed by atoms with Gasteiger partial charge < -0.3 is 24.4 Å². The van der Waals surface area contributed by atoms with Crippen LogP contribution in [0.4, 0.5) is 5.69 Å². The van der Waals surface area contributed by atoms with E-state index in [0.717, 1.165) is 30.1 Å². The van der Waals surface area contributed by atoms with Crippen molar-refractivity contribution in [3.8, 4) is 17.2 Å². The Bertz CT molecular complexity index is 1030. The first-order chi connectivity index (χ1) is 19.7. The van der Waals surface area contributed by atoms with E-state index in [-0.39, 0.29) is 12.5 Å². The van der Waals surface area contributed by atoms with Gasteiger partial charge in [-0.15, -0.1) is 11.8 Å². The molecule has 6 nitrogen and oxygen atoms in total. The molecule has 0 spiro atoms. The maximum atomic E-state index is 12.5. The SMILES string of the molecule is CCCCCCCCCCCCCCOc1cc(OCC(=O)Nc2cccc(CN3C=CSC3)c2)ccc1OC. The number of ether oxygens (including phenoxy) is 3. The lowest BCUT2D eigenvalue weighted by atomic mass is 10.1. The predicted molar refractivity (Wildman–Crippen MR) is 167 cm³/mol. The number of carbonyl (C=O) groups is 1. The molecule has 2 aromatic carbocycles. The number of benzene rings is 2. The van der Waals surface area contributed by atoms with Crippen molar-refractivity contribution in [2.75, 3.05) is 31.5 Å². The van der Waals surface area contributed by atoms with Crippen LogP contribution in [0.5, 0.6) is 17.2 Å². The lowest BCUT2D eigenvalue weighted by molar-refractivity contribution is -0.118. The van der Waals surface area contributed by atoms with Crippen LogP contribution in [0, 0.1) is 0 Å². The summed E-state index contributed by atoms with van der Waals surface area (Å²) in [7, 11) is 1.63. The summed E-state index contributed by atoms with van der Waals surface area (Å²) in [6.45, 7) is 3.64. The van der Waals surface area contributed by atoms with E-state index < -0.39 is 0 Å². The molecule has 0 aliphatic carbocycles. The number of hydrogen-bond acceptors (Lipinski definition) is 6. The van der Waals surface area contributed by atoms with Crippen LogP contribution in [-0.2, 0) is 11.3 Å². The van der Waals surface area contributed by atoms with Crippen LogP contribution in [0.15, 0.2) is 54.1 Å². The summed E-state index contributed by atoms with van der Waals surface area (Å²) < 4.78 is 17.2. The van der Waals surface area contributed by atoms with Gasteiger partial charge in [0.2, 0.25) is 0 Å². The maximum absolute atomic E-state index is 12.5. The molecule has 0 radical (unpaired) electrons. The van der Waals surface area contributed by atoms with Crippen molar-refractivity contribution < 1.29 is 19.0 Å². The molecule has 7 heteroatoms. The van der Waals surface area contributed by atoms with E-state index >= 15 is 0 Å². The second-order valence-corrected chi connectivity index (χ2v) is 11.3. The average Bonchev–Trinajstić information content (AvgIpc) is 3.47. The second kappa shape index (κ2) is 19.3. The monoisotopic (exact) mass is 568 g/mol. The fourth-order valence-electron chi connectivity index (χ4n) is 4.72. The maximum Gasteiger partial charge on any atom is 0.262 e. The topological polar surface area (TPSA) is 60.0 Å². The Kier molecular flexibility index (Phi) is 15.3. The summed E-state index contributed by atoms with van der Waals surface area (Å²) >= 11 is 1.78. The third-order valence-corrected chi connectivity index (χ3v) is 7.76. The number of anilines is 1. The quantitative estimate of drug-likeness (QED) is 0.152. The third kappa shape index (κ3) is 12.6. The first-order valence-electron chi connectivity index (χ1n) is 15.0. The molecule has 0 fully saturated rings. The van der Waals surface area contributed by atoms with Gasteiger partial charge in [0.05, 0.1) is 19.6 Å². The average molecular weight is 569 g/mol. The van der Waals surface area contributed by atoms with Gasteiger partial charge in [-0.3, -0.25) is 4.79 Å². The van der Waals surface area contributed by atoms with E-state index in [0.29, 0.717) is 23.9 Å². The van der Waals surface area contributed by atoms with Crippen molar-refractivity contribution in [1.82, 2.24) is 4.90 Å². The molecule has 220 valence electrons. The Morgan fingerprint density at radius 3 is 2.27 bits per heavy atom. The fraction of sp³-hybridized carbons (Fsp3) is 0.545. The van der Waals surface area contributed by atoms with E-state index in [1.165, 1.54) is 70.6 Å². The lowest BCUT2D eigenvalue weighted by Gasteiger charge is -2.15. The van der Waals surface area contributed by atoms with E-state index in [1.807, 2.05) is 24.3 Å². The summed E-state index contributed by atoms with van der Waals surface area (Å²) in [6, 6.07) is 13.3. The Hall–Kier alpha value is -2.80. The van der Waals surface area contributed by atoms with Crippen LogP contribution in [0.25, 0.3) is 0 Å². The molecule has 0 atom stereocenters. The summed E-state index contributed by atoms with van der Waals surface area (Å²) in [5.41, 5.74) is 1.92. The van der Waals surface area contributed by atoms with Gasteiger partial charge in [0.1, 0.15) is 5.75 Å². The number of rotatable bonds is 21. The van der Waals surface area contributed by atoms with Gasteiger partial charge in [0.15, 0.2) is 18.1 Å². The highest BCUT2D eigenvalue weighted by molar-refractivity contribution is 8.02. The molecule has 1 heterocycles. The van der Waals surface area contributed by atoms with Crippen molar-refractivity contribution in [2.45, 2.75) is 90.5 Å².